The Balaban J connectivity index is 1.85. The first-order valence-electron chi connectivity index (χ1n) is 10.7. The first-order valence-corrected chi connectivity index (χ1v) is 10.7. The molecule has 3 rings (SSSR count). The first kappa shape index (κ1) is 21.3. The van der Waals surface area contributed by atoms with E-state index in [2.05, 4.69) is 0 Å². The summed E-state index contributed by atoms with van der Waals surface area (Å²) in [5.41, 5.74) is -0.0193. The molecule has 6 nitrogen and oxygen atoms in total. The Labute approximate surface area is 173 Å². The molecule has 1 aliphatic heterocycles. The minimum absolute atomic E-state index is 0.0110. The maximum Gasteiger partial charge on any atom is 0.257 e. The third kappa shape index (κ3) is 4.46. The second kappa shape index (κ2) is 8.56. The summed E-state index contributed by atoms with van der Waals surface area (Å²) < 4.78 is 5.44. The van der Waals surface area contributed by atoms with Crippen LogP contribution in [-0.4, -0.2) is 40.8 Å². The van der Waals surface area contributed by atoms with Gasteiger partial charge in [-0.15, -0.1) is 0 Å². The van der Waals surface area contributed by atoms with E-state index in [4.69, 9.17) is 4.74 Å². The molecule has 1 atom stereocenters. The Morgan fingerprint density at radius 3 is 2.28 bits per heavy atom. The van der Waals surface area contributed by atoms with Gasteiger partial charge in [0.05, 0.1) is 18.7 Å². The van der Waals surface area contributed by atoms with Crippen LogP contribution in [0.15, 0.2) is 24.3 Å². The predicted octanol–water partition coefficient (Wildman–Crippen LogP) is 3.92. The zero-order chi connectivity index (χ0) is 21.2. The van der Waals surface area contributed by atoms with Crippen LogP contribution in [0, 0.1) is 5.92 Å². The highest BCUT2D eigenvalue weighted by atomic mass is 16.5. The van der Waals surface area contributed by atoms with Crippen LogP contribution in [-0.2, 0) is 14.4 Å². The van der Waals surface area contributed by atoms with Gasteiger partial charge in [-0.05, 0) is 64.8 Å². The van der Waals surface area contributed by atoms with Crippen molar-refractivity contribution in [3.63, 3.8) is 0 Å². The van der Waals surface area contributed by atoms with Crippen LogP contribution in [0.2, 0.25) is 0 Å². The lowest BCUT2D eigenvalue weighted by molar-refractivity contribution is -0.148. The molecule has 29 heavy (non-hydrogen) atoms. The van der Waals surface area contributed by atoms with E-state index >= 15 is 0 Å². The molecule has 3 amide bonds. The van der Waals surface area contributed by atoms with Gasteiger partial charge in [0.1, 0.15) is 11.8 Å². The van der Waals surface area contributed by atoms with Crippen LogP contribution in [0.3, 0.4) is 0 Å². The summed E-state index contributed by atoms with van der Waals surface area (Å²) in [7, 11) is 0. The van der Waals surface area contributed by atoms with E-state index in [1.165, 1.54) is 4.90 Å². The molecule has 1 saturated heterocycles. The van der Waals surface area contributed by atoms with Crippen molar-refractivity contribution < 1.29 is 19.1 Å². The zero-order valence-corrected chi connectivity index (χ0v) is 17.9. The molecule has 1 saturated carbocycles. The number of carbonyl (C=O) groups excluding carboxylic acids is 3. The number of nitrogens with zero attached hydrogens (tertiary/aromatic N) is 2. The molecule has 2 fully saturated rings. The molecule has 1 aliphatic carbocycles. The van der Waals surface area contributed by atoms with Crippen molar-refractivity contribution in [2.45, 2.75) is 77.8 Å². The Morgan fingerprint density at radius 2 is 1.72 bits per heavy atom. The Morgan fingerprint density at radius 1 is 1.10 bits per heavy atom. The van der Waals surface area contributed by atoms with Crippen LogP contribution >= 0.6 is 0 Å². The second-order valence-electron chi connectivity index (χ2n) is 8.93. The van der Waals surface area contributed by atoms with E-state index in [1.54, 1.807) is 29.2 Å². The Hall–Kier alpha value is -2.37. The van der Waals surface area contributed by atoms with Gasteiger partial charge in [0.25, 0.3) is 5.91 Å². The molecule has 1 unspecified atom stereocenters. The van der Waals surface area contributed by atoms with Crippen LogP contribution in [0.25, 0.3) is 0 Å². The smallest absolute Gasteiger partial charge is 0.257 e. The molecule has 2 aliphatic rings. The minimum atomic E-state index is -0.747. The average Bonchev–Trinajstić information content (AvgIpc) is 2.96. The number of amides is 3. The van der Waals surface area contributed by atoms with Gasteiger partial charge >= 0.3 is 0 Å². The van der Waals surface area contributed by atoms with E-state index in [-0.39, 0.29) is 30.1 Å². The number of benzene rings is 1. The molecule has 0 aromatic heterocycles. The van der Waals surface area contributed by atoms with Crippen molar-refractivity contribution >= 4 is 23.4 Å². The van der Waals surface area contributed by atoms with Gasteiger partial charge in [-0.1, -0.05) is 19.3 Å². The lowest BCUT2D eigenvalue weighted by Crippen LogP contribution is -2.56. The Bertz CT molecular complexity index is 760. The molecular formula is C23H32N2O4. The molecule has 0 bridgehead atoms. The number of rotatable bonds is 5. The monoisotopic (exact) mass is 400 g/mol. The summed E-state index contributed by atoms with van der Waals surface area (Å²) in [4.78, 5) is 42.3. The van der Waals surface area contributed by atoms with Crippen molar-refractivity contribution in [1.29, 1.82) is 0 Å². The highest BCUT2D eigenvalue weighted by Gasteiger charge is 2.48. The zero-order valence-electron chi connectivity index (χ0n) is 17.9. The molecule has 1 aromatic rings. The van der Waals surface area contributed by atoms with Crippen molar-refractivity contribution in [2.75, 3.05) is 11.5 Å². The third-order valence-corrected chi connectivity index (χ3v) is 5.75. The minimum Gasteiger partial charge on any atom is -0.494 e. The van der Waals surface area contributed by atoms with Crippen molar-refractivity contribution in [3.05, 3.63) is 24.3 Å². The number of hydrogen-bond acceptors (Lipinski definition) is 4. The predicted molar refractivity (Wildman–Crippen MR) is 112 cm³/mol. The normalized spacial score (nSPS) is 20.8. The van der Waals surface area contributed by atoms with Crippen LogP contribution in [0.4, 0.5) is 5.69 Å². The maximum atomic E-state index is 13.4. The van der Waals surface area contributed by atoms with Gasteiger partial charge in [0, 0.05) is 11.5 Å². The first-order chi connectivity index (χ1) is 13.7. The Kier molecular flexibility index (Phi) is 6.30. The molecule has 1 heterocycles. The summed E-state index contributed by atoms with van der Waals surface area (Å²) in [6, 6.07) is 6.19. The lowest BCUT2D eigenvalue weighted by atomic mass is 9.86. The average molecular weight is 401 g/mol. The van der Waals surface area contributed by atoms with E-state index < -0.39 is 11.6 Å². The molecule has 0 N–H and O–H groups in total. The number of hydrogen-bond donors (Lipinski definition) is 0. The van der Waals surface area contributed by atoms with E-state index in [9.17, 15) is 14.4 Å². The molecule has 158 valence electrons. The van der Waals surface area contributed by atoms with Crippen LogP contribution in [0.1, 0.15) is 66.2 Å². The SMILES string of the molecule is CCOc1ccc(N2C(=O)CC(N(C(=O)C3CCCCC3)C(C)(C)C)C2=O)cc1. The summed E-state index contributed by atoms with van der Waals surface area (Å²) >= 11 is 0. The van der Waals surface area contributed by atoms with Crippen molar-refractivity contribution in [2.24, 2.45) is 5.92 Å². The molecule has 0 radical (unpaired) electrons. The fourth-order valence-corrected chi connectivity index (χ4v) is 4.44. The standard InChI is InChI=1S/C23H32N2O4/c1-5-29-18-13-11-17(12-14-18)24-20(26)15-19(22(24)28)25(23(2,3)4)21(27)16-9-7-6-8-10-16/h11-14,16,19H,5-10,15H2,1-4H3. The lowest BCUT2D eigenvalue weighted by Gasteiger charge is -2.41. The van der Waals surface area contributed by atoms with Crippen molar-refractivity contribution in [3.8, 4) is 5.75 Å². The fourth-order valence-electron chi connectivity index (χ4n) is 4.44. The fraction of sp³-hybridized carbons (Fsp3) is 0.609. The second-order valence-corrected chi connectivity index (χ2v) is 8.93. The van der Waals surface area contributed by atoms with Gasteiger partial charge in [-0.25, -0.2) is 4.90 Å². The number of imide groups is 1. The van der Waals surface area contributed by atoms with Gasteiger partial charge in [-0.2, -0.15) is 0 Å². The van der Waals surface area contributed by atoms with E-state index in [0.29, 0.717) is 18.0 Å². The molecule has 6 heteroatoms. The highest BCUT2D eigenvalue weighted by Crippen LogP contribution is 2.34. The third-order valence-electron chi connectivity index (χ3n) is 5.75. The van der Waals surface area contributed by atoms with Crippen LogP contribution < -0.4 is 9.64 Å². The largest absolute Gasteiger partial charge is 0.494 e. The number of anilines is 1. The molecule has 0 spiro atoms. The van der Waals surface area contributed by atoms with E-state index in [1.807, 2.05) is 27.7 Å². The van der Waals surface area contributed by atoms with Gasteiger partial charge in [-0.3, -0.25) is 14.4 Å². The maximum absolute atomic E-state index is 13.4. The summed E-state index contributed by atoms with van der Waals surface area (Å²) in [6.45, 7) is 8.25. The molecular weight excluding hydrogens is 368 g/mol. The van der Waals surface area contributed by atoms with Gasteiger partial charge in [0.15, 0.2) is 0 Å². The highest BCUT2D eigenvalue weighted by molar-refractivity contribution is 6.23. The van der Waals surface area contributed by atoms with Crippen LogP contribution in [0.5, 0.6) is 5.75 Å². The summed E-state index contributed by atoms with van der Waals surface area (Å²) in [5, 5.41) is 0. The van der Waals surface area contributed by atoms with Gasteiger partial charge < -0.3 is 9.64 Å². The van der Waals surface area contributed by atoms with Gasteiger partial charge in [0.2, 0.25) is 11.8 Å². The van der Waals surface area contributed by atoms with E-state index in [0.717, 1.165) is 32.1 Å². The number of ether oxygens (including phenoxy) is 1. The van der Waals surface area contributed by atoms with Crippen molar-refractivity contribution in [1.82, 2.24) is 4.90 Å². The number of carbonyl (C=O) groups is 3. The topological polar surface area (TPSA) is 66.9 Å². The summed E-state index contributed by atoms with van der Waals surface area (Å²) in [5.74, 6) is 0.0612. The molecule has 1 aromatic carbocycles. The quantitative estimate of drug-likeness (QED) is 0.703. The summed E-state index contributed by atoms with van der Waals surface area (Å²) in [6.07, 6.45) is 5.01.